The van der Waals surface area contributed by atoms with Gasteiger partial charge in [0.05, 0.1) is 4.92 Å². The zero-order valence-electron chi connectivity index (χ0n) is 10.2. The van der Waals surface area contributed by atoms with Crippen molar-refractivity contribution in [3.05, 3.63) is 58.0 Å². The van der Waals surface area contributed by atoms with Crippen LogP contribution < -0.4 is 5.32 Å². The summed E-state index contributed by atoms with van der Waals surface area (Å²) < 4.78 is 0. The number of nitro groups is 1. The maximum Gasteiger partial charge on any atom is 0.274 e. The topological polar surface area (TPSA) is 58.4 Å². The highest BCUT2D eigenvalue weighted by atomic mass is 16.6. The lowest BCUT2D eigenvalue weighted by Gasteiger charge is -2.30. The summed E-state index contributed by atoms with van der Waals surface area (Å²) in [7, 11) is 0. The van der Waals surface area contributed by atoms with Crippen molar-refractivity contribution in [1.29, 1.82) is 0 Å². The van der Waals surface area contributed by atoms with E-state index in [0.717, 1.165) is 38.7 Å². The normalized spacial score (nSPS) is 17.6. The van der Waals surface area contributed by atoms with Gasteiger partial charge in [0.15, 0.2) is 5.82 Å². The molecule has 0 atom stereocenters. The molecule has 0 unspecified atom stereocenters. The van der Waals surface area contributed by atoms with Gasteiger partial charge < -0.3 is 10.2 Å². The first-order chi connectivity index (χ1) is 8.75. The largest absolute Gasteiger partial charge is 0.367 e. The van der Waals surface area contributed by atoms with Crippen LogP contribution in [0.5, 0.6) is 0 Å². The van der Waals surface area contributed by atoms with Crippen molar-refractivity contribution >= 4 is 0 Å². The van der Waals surface area contributed by atoms with E-state index in [1.165, 1.54) is 5.56 Å². The average Bonchev–Trinajstić information content (AvgIpc) is 2.38. The summed E-state index contributed by atoms with van der Waals surface area (Å²) in [6.07, 6.45) is 2.98. The van der Waals surface area contributed by atoms with Crippen molar-refractivity contribution in [2.45, 2.75) is 12.8 Å². The molecule has 5 nitrogen and oxygen atoms in total. The Morgan fingerprint density at radius 1 is 1.39 bits per heavy atom. The molecule has 1 heterocycles. The van der Waals surface area contributed by atoms with Crippen molar-refractivity contribution in [3.8, 4) is 0 Å². The second-order valence-electron chi connectivity index (χ2n) is 4.30. The SMILES string of the molecule is O=[N+]([O-])/C=C1\NCCCN1CCc1ccccc1. The molecule has 18 heavy (non-hydrogen) atoms. The van der Waals surface area contributed by atoms with Gasteiger partial charge in [0, 0.05) is 19.6 Å². The summed E-state index contributed by atoms with van der Waals surface area (Å²) in [5.74, 6) is 0.627. The van der Waals surface area contributed by atoms with E-state index in [0.29, 0.717) is 5.82 Å². The van der Waals surface area contributed by atoms with Crippen LogP contribution in [0.15, 0.2) is 42.4 Å². The van der Waals surface area contributed by atoms with Gasteiger partial charge in [0.2, 0.25) is 0 Å². The van der Waals surface area contributed by atoms with Crippen LogP contribution >= 0.6 is 0 Å². The molecule has 1 aliphatic rings. The molecule has 1 aromatic carbocycles. The number of benzene rings is 1. The molecule has 0 spiro atoms. The van der Waals surface area contributed by atoms with Crippen LogP contribution in [0, 0.1) is 10.1 Å². The van der Waals surface area contributed by atoms with Crippen molar-refractivity contribution in [1.82, 2.24) is 10.2 Å². The van der Waals surface area contributed by atoms with Crippen LogP contribution in [0.25, 0.3) is 0 Å². The van der Waals surface area contributed by atoms with Crippen LogP contribution in [-0.2, 0) is 6.42 Å². The number of nitrogens with one attached hydrogen (secondary N) is 1. The van der Waals surface area contributed by atoms with Crippen LogP contribution in [0.2, 0.25) is 0 Å². The average molecular weight is 247 g/mol. The fourth-order valence-electron chi connectivity index (χ4n) is 2.09. The zero-order chi connectivity index (χ0) is 12.8. The third kappa shape index (κ3) is 3.48. The van der Waals surface area contributed by atoms with Gasteiger partial charge in [-0.3, -0.25) is 10.1 Å². The van der Waals surface area contributed by atoms with Crippen molar-refractivity contribution in [3.63, 3.8) is 0 Å². The number of rotatable bonds is 4. The molecular formula is C13H17N3O2. The highest BCUT2D eigenvalue weighted by Gasteiger charge is 2.16. The minimum Gasteiger partial charge on any atom is -0.367 e. The van der Waals surface area contributed by atoms with E-state index >= 15 is 0 Å². The number of hydrogen-bond donors (Lipinski definition) is 1. The predicted octanol–water partition coefficient (Wildman–Crippen LogP) is 1.60. The first-order valence-electron chi connectivity index (χ1n) is 6.14. The summed E-state index contributed by atoms with van der Waals surface area (Å²) in [4.78, 5) is 12.2. The molecule has 0 bridgehead atoms. The fourth-order valence-corrected chi connectivity index (χ4v) is 2.09. The van der Waals surface area contributed by atoms with Gasteiger partial charge >= 0.3 is 0 Å². The third-order valence-electron chi connectivity index (χ3n) is 2.99. The summed E-state index contributed by atoms with van der Waals surface area (Å²) in [6, 6.07) is 10.2. The molecule has 96 valence electrons. The molecule has 1 fully saturated rings. The standard InChI is InChI=1S/C13H17N3O2/c17-16(18)11-13-14-8-4-9-15(13)10-7-12-5-2-1-3-6-12/h1-3,5-6,11,14H,4,7-10H2/b13-11+. The molecule has 2 rings (SSSR count). The van der Waals surface area contributed by atoms with E-state index in [4.69, 9.17) is 0 Å². The second-order valence-corrected chi connectivity index (χ2v) is 4.30. The molecule has 1 saturated heterocycles. The van der Waals surface area contributed by atoms with E-state index in [1.54, 1.807) is 0 Å². The van der Waals surface area contributed by atoms with Crippen molar-refractivity contribution < 1.29 is 4.92 Å². The van der Waals surface area contributed by atoms with Crippen LogP contribution in [0.3, 0.4) is 0 Å². The Kier molecular flexibility index (Phi) is 4.17. The van der Waals surface area contributed by atoms with Gasteiger partial charge in [0.25, 0.3) is 6.20 Å². The summed E-state index contributed by atoms with van der Waals surface area (Å²) in [5, 5.41) is 13.6. The highest BCUT2D eigenvalue weighted by molar-refractivity contribution is 5.15. The van der Waals surface area contributed by atoms with Gasteiger partial charge in [-0.1, -0.05) is 30.3 Å². The first kappa shape index (κ1) is 12.4. The minimum atomic E-state index is -0.400. The van der Waals surface area contributed by atoms with Crippen molar-refractivity contribution in [2.75, 3.05) is 19.6 Å². The Morgan fingerprint density at radius 2 is 2.17 bits per heavy atom. The quantitative estimate of drug-likeness (QED) is 0.648. The van der Waals surface area contributed by atoms with Gasteiger partial charge in [-0.2, -0.15) is 0 Å². The van der Waals surface area contributed by atoms with Gasteiger partial charge in [-0.15, -0.1) is 0 Å². The Balaban J connectivity index is 1.96. The van der Waals surface area contributed by atoms with E-state index in [2.05, 4.69) is 17.4 Å². The molecular weight excluding hydrogens is 230 g/mol. The predicted molar refractivity (Wildman–Crippen MR) is 69.4 cm³/mol. The van der Waals surface area contributed by atoms with Crippen LogP contribution in [-0.4, -0.2) is 29.5 Å². The molecule has 0 amide bonds. The smallest absolute Gasteiger partial charge is 0.274 e. The van der Waals surface area contributed by atoms with Gasteiger partial charge in [0.1, 0.15) is 0 Å². The molecule has 1 aliphatic heterocycles. The maximum absolute atomic E-state index is 10.5. The fraction of sp³-hybridized carbons (Fsp3) is 0.385. The van der Waals surface area contributed by atoms with E-state index in [9.17, 15) is 10.1 Å². The number of hydrogen-bond acceptors (Lipinski definition) is 4. The van der Waals surface area contributed by atoms with Gasteiger partial charge in [-0.25, -0.2) is 0 Å². The Labute approximate surface area is 106 Å². The Bertz CT molecular complexity index is 431. The molecule has 1 aromatic rings. The number of nitrogens with zero attached hydrogens (tertiary/aromatic N) is 2. The molecule has 0 radical (unpaired) electrons. The minimum absolute atomic E-state index is 0.400. The zero-order valence-corrected chi connectivity index (χ0v) is 10.2. The highest BCUT2D eigenvalue weighted by Crippen LogP contribution is 2.10. The van der Waals surface area contributed by atoms with E-state index < -0.39 is 4.92 Å². The summed E-state index contributed by atoms with van der Waals surface area (Å²) in [5.41, 5.74) is 1.25. The molecule has 0 saturated carbocycles. The Hall–Kier alpha value is -2.04. The van der Waals surface area contributed by atoms with E-state index in [-0.39, 0.29) is 0 Å². The van der Waals surface area contributed by atoms with Crippen LogP contribution in [0.1, 0.15) is 12.0 Å². The van der Waals surface area contributed by atoms with E-state index in [1.807, 2.05) is 23.1 Å². The molecule has 0 aromatic heterocycles. The monoisotopic (exact) mass is 247 g/mol. The molecule has 0 aliphatic carbocycles. The first-order valence-corrected chi connectivity index (χ1v) is 6.14. The lowest BCUT2D eigenvalue weighted by atomic mass is 10.1. The van der Waals surface area contributed by atoms with Gasteiger partial charge in [-0.05, 0) is 18.4 Å². The summed E-state index contributed by atoms with van der Waals surface area (Å²) >= 11 is 0. The molecule has 5 heteroatoms. The van der Waals surface area contributed by atoms with Crippen LogP contribution in [0.4, 0.5) is 0 Å². The molecule has 1 N–H and O–H groups in total. The second kappa shape index (κ2) is 6.05. The summed E-state index contributed by atoms with van der Waals surface area (Å²) in [6.45, 7) is 2.48. The lowest BCUT2D eigenvalue weighted by molar-refractivity contribution is -0.404. The Morgan fingerprint density at radius 3 is 2.89 bits per heavy atom. The lowest BCUT2D eigenvalue weighted by Crippen LogP contribution is -2.40. The van der Waals surface area contributed by atoms with Crippen molar-refractivity contribution in [2.24, 2.45) is 0 Å². The third-order valence-corrected chi connectivity index (χ3v) is 2.99. The maximum atomic E-state index is 10.5.